The number of carbonyl (C=O) groups excluding carboxylic acids is 1. The molecule has 6 heteroatoms. The van der Waals surface area contributed by atoms with Crippen molar-refractivity contribution in [3.05, 3.63) is 53.8 Å². The summed E-state index contributed by atoms with van der Waals surface area (Å²) in [4.78, 5) is 11.8. The second kappa shape index (κ2) is 6.03. The maximum absolute atomic E-state index is 14.2. The first-order valence-corrected chi connectivity index (χ1v) is 7.36. The van der Waals surface area contributed by atoms with Gasteiger partial charge in [-0.2, -0.15) is 0 Å². The third kappa shape index (κ3) is 2.64. The first-order valence-electron chi connectivity index (χ1n) is 7.36. The number of aryl methyl sites for hydroxylation is 1. The van der Waals surface area contributed by atoms with Crippen LogP contribution in [0, 0.1) is 17.5 Å². The molecule has 0 saturated carbocycles. The van der Waals surface area contributed by atoms with Gasteiger partial charge in [0.05, 0.1) is 11.2 Å². The number of benzene rings is 2. The molecule has 0 unspecified atom stereocenters. The van der Waals surface area contributed by atoms with Crippen LogP contribution in [-0.2, 0) is 11.8 Å². The Morgan fingerprint density at radius 3 is 2.38 bits per heavy atom. The minimum atomic E-state index is -0.773. The lowest BCUT2D eigenvalue weighted by molar-refractivity contribution is -0.133. The van der Waals surface area contributed by atoms with E-state index in [1.165, 1.54) is 28.8 Å². The second-order valence-corrected chi connectivity index (χ2v) is 5.36. The summed E-state index contributed by atoms with van der Waals surface area (Å²) in [5.41, 5.74) is 1.000. The van der Waals surface area contributed by atoms with Crippen molar-refractivity contribution in [1.82, 2.24) is 4.57 Å². The zero-order valence-corrected chi connectivity index (χ0v) is 13.1. The zero-order valence-electron chi connectivity index (χ0n) is 13.1. The first-order chi connectivity index (χ1) is 11.4. The molecule has 0 radical (unpaired) electrons. The first kappa shape index (κ1) is 16.1. The Morgan fingerprint density at radius 2 is 1.75 bits per heavy atom. The van der Waals surface area contributed by atoms with Gasteiger partial charge in [-0.1, -0.05) is 6.92 Å². The van der Waals surface area contributed by atoms with Crippen molar-refractivity contribution in [3.8, 4) is 17.0 Å². The summed E-state index contributed by atoms with van der Waals surface area (Å²) in [6.45, 7) is 1.62. The number of hydrogen-bond acceptors (Lipinski definition) is 2. The van der Waals surface area contributed by atoms with Gasteiger partial charge >= 0.3 is 5.97 Å². The number of rotatable bonds is 3. The predicted molar refractivity (Wildman–Crippen MR) is 84.2 cm³/mol. The molecule has 2 aromatic carbocycles. The number of aromatic nitrogens is 1. The Bertz CT molecular complexity index is 930. The topological polar surface area (TPSA) is 31.2 Å². The standard InChI is InChI=1S/C18H14F3NO2/c1-3-15(23)24-18-13-8-12(20)9-14(21)17(13)22(2)16(18)10-4-6-11(19)7-5-10/h4-9H,3H2,1-2H3. The van der Waals surface area contributed by atoms with Gasteiger partial charge in [-0.3, -0.25) is 4.79 Å². The number of nitrogens with zero attached hydrogens (tertiary/aromatic N) is 1. The number of halogens is 3. The van der Waals surface area contributed by atoms with E-state index < -0.39 is 23.4 Å². The van der Waals surface area contributed by atoms with E-state index in [1.807, 2.05) is 0 Å². The monoisotopic (exact) mass is 333 g/mol. The summed E-state index contributed by atoms with van der Waals surface area (Å²) in [5.74, 6) is -2.44. The largest absolute Gasteiger partial charge is 0.424 e. The molecule has 124 valence electrons. The molecule has 0 fully saturated rings. The molecule has 0 N–H and O–H groups in total. The Labute approximate surface area is 136 Å². The third-order valence-electron chi connectivity index (χ3n) is 3.78. The van der Waals surface area contributed by atoms with Gasteiger partial charge in [-0.15, -0.1) is 0 Å². The highest BCUT2D eigenvalue weighted by Gasteiger charge is 2.23. The van der Waals surface area contributed by atoms with Gasteiger partial charge in [-0.25, -0.2) is 13.2 Å². The van der Waals surface area contributed by atoms with Crippen LogP contribution in [-0.4, -0.2) is 10.5 Å². The quantitative estimate of drug-likeness (QED) is 0.657. The van der Waals surface area contributed by atoms with Crippen LogP contribution in [0.5, 0.6) is 5.75 Å². The number of hydrogen-bond donors (Lipinski definition) is 0. The van der Waals surface area contributed by atoms with Crippen LogP contribution in [0.25, 0.3) is 22.2 Å². The molecule has 3 rings (SSSR count). The molecule has 3 nitrogen and oxygen atoms in total. The number of ether oxygens (including phenoxy) is 1. The molecule has 1 heterocycles. The van der Waals surface area contributed by atoms with E-state index in [1.54, 1.807) is 14.0 Å². The van der Waals surface area contributed by atoms with Crippen molar-refractivity contribution >= 4 is 16.9 Å². The van der Waals surface area contributed by atoms with E-state index in [9.17, 15) is 18.0 Å². The fraction of sp³-hybridized carbons (Fsp3) is 0.167. The molecule has 1 aromatic heterocycles. The molecular weight excluding hydrogens is 319 g/mol. The predicted octanol–water partition coefficient (Wildman–Crippen LogP) is 4.58. The van der Waals surface area contributed by atoms with Crippen molar-refractivity contribution < 1.29 is 22.7 Å². The third-order valence-corrected chi connectivity index (χ3v) is 3.78. The van der Waals surface area contributed by atoms with Crippen LogP contribution < -0.4 is 4.74 Å². The second-order valence-electron chi connectivity index (χ2n) is 5.36. The van der Waals surface area contributed by atoms with Gasteiger partial charge < -0.3 is 9.30 Å². The van der Waals surface area contributed by atoms with Crippen molar-refractivity contribution in [3.63, 3.8) is 0 Å². The average Bonchev–Trinajstić information content (AvgIpc) is 2.80. The summed E-state index contributed by atoms with van der Waals surface area (Å²) in [7, 11) is 1.57. The van der Waals surface area contributed by atoms with Gasteiger partial charge in [0.1, 0.15) is 11.6 Å². The van der Waals surface area contributed by atoms with Crippen LogP contribution in [0.3, 0.4) is 0 Å². The normalized spacial score (nSPS) is 11.0. The number of fused-ring (bicyclic) bond motifs is 1. The van der Waals surface area contributed by atoms with Crippen LogP contribution in [0.15, 0.2) is 36.4 Å². The van der Waals surface area contributed by atoms with Gasteiger partial charge in [0, 0.05) is 30.5 Å². The smallest absolute Gasteiger partial charge is 0.310 e. The lowest BCUT2D eigenvalue weighted by Gasteiger charge is -2.08. The Hall–Kier alpha value is -2.76. The highest BCUT2D eigenvalue weighted by molar-refractivity contribution is 5.97. The molecule has 0 spiro atoms. The van der Waals surface area contributed by atoms with Crippen molar-refractivity contribution in [2.45, 2.75) is 13.3 Å². The summed E-state index contributed by atoms with van der Waals surface area (Å²) in [6.07, 6.45) is 0.108. The van der Waals surface area contributed by atoms with Crippen LogP contribution in [0.2, 0.25) is 0 Å². The molecule has 0 aliphatic carbocycles. The SMILES string of the molecule is CCC(=O)Oc1c(-c2ccc(F)cc2)n(C)c2c(F)cc(F)cc12. The van der Waals surface area contributed by atoms with Gasteiger partial charge in [0.15, 0.2) is 11.6 Å². The molecule has 0 amide bonds. The Balaban J connectivity index is 2.35. The minimum Gasteiger partial charge on any atom is -0.424 e. The van der Waals surface area contributed by atoms with E-state index in [0.29, 0.717) is 11.3 Å². The fourth-order valence-corrected chi connectivity index (χ4v) is 2.69. The molecule has 0 atom stereocenters. The molecule has 3 aromatic rings. The molecule has 0 aliphatic rings. The summed E-state index contributed by atoms with van der Waals surface area (Å²) in [6, 6.07) is 7.35. The van der Waals surface area contributed by atoms with E-state index in [4.69, 9.17) is 4.74 Å². The molecule has 24 heavy (non-hydrogen) atoms. The average molecular weight is 333 g/mol. The summed E-state index contributed by atoms with van der Waals surface area (Å²) in [5, 5.41) is 0.149. The van der Waals surface area contributed by atoms with Crippen LogP contribution in [0.4, 0.5) is 13.2 Å². The highest BCUT2D eigenvalue weighted by Crippen LogP contribution is 2.41. The van der Waals surface area contributed by atoms with E-state index in [-0.39, 0.29) is 23.1 Å². The summed E-state index contributed by atoms with van der Waals surface area (Å²) >= 11 is 0. The van der Waals surface area contributed by atoms with E-state index >= 15 is 0 Å². The van der Waals surface area contributed by atoms with Crippen molar-refractivity contribution in [2.75, 3.05) is 0 Å². The molecule has 0 aliphatic heterocycles. The van der Waals surface area contributed by atoms with Crippen LogP contribution in [0.1, 0.15) is 13.3 Å². The Kier molecular flexibility index (Phi) is 4.05. The van der Waals surface area contributed by atoms with E-state index in [0.717, 1.165) is 12.1 Å². The van der Waals surface area contributed by atoms with Gasteiger partial charge in [0.2, 0.25) is 0 Å². The zero-order chi connectivity index (χ0) is 17.4. The lowest BCUT2D eigenvalue weighted by atomic mass is 10.1. The molecule has 0 bridgehead atoms. The van der Waals surface area contributed by atoms with Crippen molar-refractivity contribution in [2.24, 2.45) is 7.05 Å². The maximum atomic E-state index is 14.2. The van der Waals surface area contributed by atoms with E-state index in [2.05, 4.69) is 0 Å². The van der Waals surface area contributed by atoms with Crippen LogP contribution >= 0.6 is 0 Å². The van der Waals surface area contributed by atoms with Gasteiger partial charge in [0.25, 0.3) is 0 Å². The molecular formula is C18H14F3NO2. The maximum Gasteiger partial charge on any atom is 0.310 e. The Morgan fingerprint density at radius 1 is 1.08 bits per heavy atom. The van der Waals surface area contributed by atoms with Gasteiger partial charge in [-0.05, 0) is 30.3 Å². The summed E-state index contributed by atoms with van der Waals surface area (Å²) < 4.78 is 47.9. The molecule has 0 saturated heterocycles. The number of carbonyl (C=O) groups is 1. The highest BCUT2D eigenvalue weighted by atomic mass is 19.1. The van der Waals surface area contributed by atoms with Crippen molar-refractivity contribution in [1.29, 1.82) is 0 Å². The minimum absolute atomic E-state index is 0.0596. The lowest BCUT2D eigenvalue weighted by Crippen LogP contribution is -2.06. The fourth-order valence-electron chi connectivity index (χ4n) is 2.69. The number of esters is 1.